The van der Waals surface area contributed by atoms with Crippen molar-refractivity contribution in [3.05, 3.63) is 35.4 Å². The van der Waals surface area contributed by atoms with Crippen LogP contribution in [-0.4, -0.2) is 43.7 Å². The number of hydrogen-bond acceptors (Lipinski definition) is 4. The zero-order valence-electron chi connectivity index (χ0n) is 11.7. The fraction of sp³-hybridized carbons (Fsp3) is 0.400. The van der Waals surface area contributed by atoms with Gasteiger partial charge in [-0.3, -0.25) is 4.90 Å². The van der Waals surface area contributed by atoms with Crippen molar-refractivity contribution in [1.82, 2.24) is 0 Å². The fourth-order valence-corrected chi connectivity index (χ4v) is 2.67. The lowest BCUT2D eigenvalue weighted by atomic mass is 9.99. The van der Waals surface area contributed by atoms with E-state index in [0.29, 0.717) is 25.2 Å². The van der Waals surface area contributed by atoms with Crippen molar-refractivity contribution in [2.24, 2.45) is 0 Å². The highest BCUT2D eigenvalue weighted by Crippen LogP contribution is 2.32. The van der Waals surface area contributed by atoms with Crippen LogP contribution in [0, 0.1) is 11.6 Å². The zero-order chi connectivity index (χ0) is 15.7. The lowest BCUT2D eigenvalue weighted by Crippen LogP contribution is -2.36. The third kappa shape index (κ3) is 2.57. The molecule has 0 spiro atoms. The van der Waals surface area contributed by atoms with E-state index in [1.165, 1.54) is 0 Å². The van der Waals surface area contributed by atoms with Gasteiger partial charge in [-0.1, -0.05) is 6.08 Å². The molecule has 1 unspecified atom stereocenters. The highest BCUT2D eigenvalue weighted by molar-refractivity contribution is 5.90. The number of aliphatic hydroxyl groups is 1. The lowest BCUT2D eigenvalue weighted by molar-refractivity contribution is 0.161. The van der Waals surface area contributed by atoms with Crippen LogP contribution in [0.5, 0.6) is 0 Å². The highest BCUT2D eigenvalue weighted by atomic mass is 19.1. The summed E-state index contributed by atoms with van der Waals surface area (Å²) in [5, 5.41) is 9.23. The number of carbonyl (C=O) groups excluding carboxylic acids is 1. The molecule has 1 aromatic carbocycles. The topological polar surface area (TPSA) is 59.0 Å². The first-order valence-electron chi connectivity index (χ1n) is 6.95. The number of halogens is 2. The molecule has 2 heterocycles. The van der Waals surface area contributed by atoms with Gasteiger partial charge < -0.3 is 14.6 Å². The van der Waals surface area contributed by atoms with Crippen LogP contribution in [0.3, 0.4) is 0 Å². The van der Waals surface area contributed by atoms with Gasteiger partial charge in [-0.2, -0.15) is 0 Å². The molecule has 22 heavy (non-hydrogen) atoms. The van der Waals surface area contributed by atoms with Gasteiger partial charge in [0.15, 0.2) is 0 Å². The second kappa shape index (κ2) is 6.02. The minimum Gasteiger partial charge on any atom is -0.447 e. The van der Waals surface area contributed by atoms with Crippen LogP contribution in [0.2, 0.25) is 0 Å². The molecule has 0 radical (unpaired) electrons. The van der Waals surface area contributed by atoms with Gasteiger partial charge in [0, 0.05) is 5.56 Å². The van der Waals surface area contributed by atoms with E-state index in [1.54, 1.807) is 6.08 Å². The molecule has 1 N–H and O–H groups in total. The van der Waals surface area contributed by atoms with E-state index < -0.39 is 23.8 Å². The van der Waals surface area contributed by atoms with Crippen LogP contribution in [0.4, 0.5) is 19.3 Å². The van der Waals surface area contributed by atoms with E-state index in [1.807, 2.05) is 0 Å². The molecule has 1 amide bonds. The number of nitrogens with zero attached hydrogens (tertiary/aromatic N) is 1. The maximum Gasteiger partial charge on any atom is 0.414 e. The number of carbonyl (C=O) groups is 1. The Morgan fingerprint density at radius 3 is 2.64 bits per heavy atom. The summed E-state index contributed by atoms with van der Waals surface area (Å²) < 4.78 is 38.6. The zero-order valence-corrected chi connectivity index (χ0v) is 11.7. The quantitative estimate of drug-likeness (QED) is 0.928. The number of benzene rings is 1. The average Bonchev–Trinajstić information content (AvgIpc) is 2.88. The van der Waals surface area contributed by atoms with Crippen molar-refractivity contribution in [3.8, 4) is 0 Å². The van der Waals surface area contributed by atoms with E-state index in [9.17, 15) is 18.7 Å². The largest absolute Gasteiger partial charge is 0.447 e. The molecule has 1 fully saturated rings. The Hall–Kier alpha value is -1.99. The monoisotopic (exact) mass is 311 g/mol. The van der Waals surface area contributed by atoms with Crippen LogP contribution < -0.4 is 4.90 Å². The third-order valence-corrected chi connectivity index (χ3v) is 3.76. The minimum absolute atomic E-state index is 0.0111. The summed E-state index contributed by atoms with van der Waals surface area (Å²) in [4.78, 5) is 12.7. The molecule has 0 aromatic heterocycles. The van der Waals surface area contributed by atoms with Crippen LogP contribution in [0.15, 0.2) is 18.2 Å². The molecular formula is C15H15F2NO4. The van der Waals surface area contributed by atoms with Gasteiger partial charge in [-0.25, -0.2) is 13.6 Å². The molecule has 3 rings (SSSR count). The van der Waals surface area contributed by atoms with Gasteiger partial charge in [-0.05, 0) is 24.1 Å². The Labute approximate surface area is 125 Å². The van der Waals surface area contributed by atoms with E-state index in [-0.39, 0.29) is 24.5 Å². The van der Waals surface area contributed by atoms with Crippen LogP contribution in [-0.2, 0) is 9.47 Å². The van der Waals surface area contributed by atoms with Gasteiger partial charge in [0.05, 0.1) is 31.5 Å². The van der Waals surface area contributed by atoms with Crippen molar-refractivity contribution < 1.29 is 28.2 Å². The fourth-order valence-electron chi connectivity index (χ4n) is 2.67. The standard InChI is InChI=1S/C15H15F2NO4/c16-12-5-10(18-11(7-19)8-22-15(18)20)6-13(17)14(12)9-1-3-21-4-2-9/h1,5-6,11,19H,2-4,7-8H2. The molecule has 0 saturated carbocycles. The first-order chi connectivity index (χ1) is 10.6. The molecule has 1 atom stereocenters. The van der Waals surface area contributed by atoms with Crippen molar-refractivity contribution in [2.75, 3.05) is 31.3 Å². The normalized spacial score (nSPS) is 21.8. The average molecular weight is 311 g/mol. The maximum absolute atomic E-state index is 14.3. The Morgan fingerprint density at radius 2 is 2.05 bits per heavy atom. The summed E-state index contributed by atoms with van der Waals surface area (Å²) in [6.45, 7) is 0.376. The van der Waals surface area contributed by atoms with Gasteiger partial charge in [-0.15, -0.1) is 0 Å². The summed E-state index contributed by atoms with van der Waals surface area (Å²) in [6.07, 6.45) is 1.35. The van der Waals surface area contributed by atoms with Gasteiger partial charge >= 0.3 is 6.09 Å². The summed E-state index contributed by atoms with van der Waals surface area (Å²) >= 11 is 0. The third-order valence-electron chi connectivity index (χ3n) is 3.76. The van der Waals surface area contributed by atoms with Gasteiger partial charge in [0.1, 0.15) is 18.2 Å². The Balaban J connectivity index is 1.99. The first-order valence-corrected chi connectivity index (χ1v) is 6.95. The number of anilines is 1. The summed E-state index contributed by atoms with van der Waals surface area (Å²) in [5.41, 5.74) is 0.489. The molecule has 0 aliphatic carbocycles. The summed E-state index contributed by atoms with van der Waals surface area (Å²) in [5.74, 6) is -1.50. The highest BCUT2D eigenvalue weighted by Gasteiger charge is 2.34. The number of cyclic esters (lactones) is 1. The molecule has 1 aromatic rings. The van der Waals surface area contributed by atoms with Crippen molar-refractivity contribution in [1.29, 1.82) is 0 Å². The predicted molar refractivity (Wildman–Crippen MR) is 74.5 cm³/mol. The van der Waals surface area contributed by atoms with Crippen molar-refractivity contribution in [2.45, 2.75) is 12.5 Å². The molecule has 0 bridgehead atoms. The minimum atomic E-state index is -0.750. The van der Waals surface area contributed by atoms with Gasteiger partial charge in [0.2, 0.25) is 0 Å². The summed E-state index contributed by atoms with van der Waals surface area (Å²) in [7, 11) is 0. The molecule has 5 nitrogen and oxygen atoms in total. The van der Waals surface area contributed by atoms with E-state index in [2.05, 4.69) is 0 Å². The maximum atomic E-state index is 14.3. The SMILES string of the molecule is O=C1OCC(CO)N1c1cc(F)c(C2=CCOCC2)c(F)c1. The number of rotatable bonds is 3. The van der Waals surface area contributed by atoms with E-state index in [0.717, 1.165) is 17.0 Å². The van der Waals surface area contributed by atoms with Crippen LogP contribution >= 0.6 is 0 Å². The first kappa shape index (κ1) is 14.9. The predicted octanol–water partition coefficient (Wildman–Crippen LogP) is 2.09. The Kier molecular flexibility index (Phi) is 4.08. The number of ether oxygens (including phenoxy) is 2. The van der Waals surface area contributed by atoms with Crippen molar-refractivity contribution in [3.63, 3.8) is 0 Å². The molecule has 7 heteroatoms. The summed E-state index contributed by atoms with van der Waals surface area (Å²) in [6, 6.07) is 1.54. The Bertz CT molecular complexity index is 609. The second-order valence-corrected chi connectivity index (χ2v) is 5.12. The number of hydrogen-bond donors (Lipinski definition) is 1. The molecule has 1 saturated heterocycles. The lowest BCUT2D eigenvalue weighted by Gasteiger charge is -2.21. The molecular weight excluding hydrogens is 296 g/mol. The van der Waals surface area contributed by atoms with E-state index in [4.69, 9.17) is 9.47 Å². The number of amides is 1. The van der Waals surface area contributed by atoms with E-state index >= 15 is 0 Å². The smallest absolute Gasteiger partial charge is 0.414 e. The van der Waals surface area contributed by atoms with Crippen LogP contribution in [0.25, 0.3) is 5.57 Å². The Morgan fingerprint density at radius 1 is 1.32 bits per heavy atom. The second-order valence-electron chi connectivity index (χ2n) is 5.12. The number of aliphatic hydroxyl groups excluding tert-OH is 1. The van der Waals surface area contributed by atoms with Crippen LogP contribution in [0.1, 0.15) is 12.0 Å². The molecule has 2 aliphatic rings. The van der Waals surface area contributed by atoms with Crippen molar-refractivity contribution >= 4 is 17.4 Å². The van der Waals surface area contributed by atoms with Gasteiger partial charge in [0.25, 0.3) is 0 Å². The molecule has 118 valence electrons. The molecule has 2 aliphatic heterocycles.